The van der Waals surface area contributed by atoms with Gasteiger partial charge in [-0.05, 0) is 63.5 Å². The minimum Gasteiger partial charge on any atom is -0.319 e. The third-order valence-corrected chi connectivity index (χ3v) is 3.74. The van der Waals surface area contributed by atoms with Gasteiger partial charge in [0.2, 0.25) is 0 Å². The molecule has 0 spiro atoms. The van der Waals surface area contributed by atoms with Gasteiger partial charge in [-0.2, -0.15) is 0 Å². The Morgan fingerprint density at radius 2 is 2.06 bits per heavy atom. The summed E-state index contributed by atoms with van der Waals surface area (Å²) in [5, 5.41) is 3.19. The Kier molecular flexibility index (Phi) is 4.57. The monoisotopic (exact) mass is 232 g/mol. The van der Waals surface area contributed by atoms with E-state index < -0.39 is 0 Å². The molecule has 1 unspecified atom stereocenters. The smallest absolute Gasteiger partial charge is 0.00472 e. The number of likely N-dealkylation sites (tertiary alicyclic amines) is 1. The Balaban J connectivity index is 1.96. The summed E-state index contributed by atoms with van der Waals surface area (Å²) in [6, 6.07) is 9.24. The molecule has 2 rings (SSSR count). The number of benzene rings is 1. The number of nitrogens with one attached hydrogen (secondary N) is 1. The Hall–Kier alpha value is -0.860. The van der Waals surface area contributed by atoms with Gasteiger partial charge in [0.25, 0.3) is 0 Å². The van der Waals surface area contributed by atoms with Gasteiger partial charge in [0, 0.05) is 6.54 Å². The number of hydrogen-bond donors (Lipinski definition) is 1. The molecule has 1 atom stereocenters. The highest BCUT2D eigenvalue weighted by atomic mass is 15.1. The van der Waals surface area contributed by atoms with Crippen molar-refractivity contribution in [1.29, 1.82) is 0 Å². The molecule has 0 amide bonds. The van der Waals surface area contributed by atoms with Crippen LogP contribution in [0.4, 0.5) is 0 Å². The van der Waals surface area contributed by atoms with Crippen molar-refractivity contribution in [1.82, 2.24) is 10.2 Å². The van der Waals surface area contributed by atoms with E-state index in [1.807, 2.05) is 7.05 Å². The molecule has 2 nitrogen and oxygen atoms in total. The molecule has 1 heterocycles. The second-order valence-corrected chi connectivity index (χ2v) is 5.20. The van der Waals surface area contributed by atoms with E-state index in [4.69, 9.17) is 0 Å². The average Bonchev–Trinajstić information content (AvgIpc) is 2.37. The lowest BCUT2D eigenvalue weighted by atomic mass is 9.90. The van der Waals surface area contributed by atoms with E-state index in [1.54, 1.807) is 0 Å². The lowest BCUT2D eigenvalue weighted by Crippen LogP contribution is -2.30. The second-order valence-electron chi connectivity index (χ2n) is 5.20. The minimum atomic E-state index is 0.743. The molecule has 0 radical (unpaired) electrons. The van der Waals surface area contributed by atoms with Crippen LogP contribution < -0.4 is 5.32 Å². The Labute approximate surface area is 105 Å². The molecule has 1 aliphatic heterocycles. The first-order chi connectivity index (χ1) is 8.29. The summed E-state index contributed by atoms with van der Waals surface area (Å²) in [6.45, 7) is 3.54. The van der Waals surface area contributed by atoms with E-state index in [2.05, 4.69) is 41.5 Å². The molecule has 1 N–H and O–H groups in total. The summed E-state index contributed by atoms with van der Waals surface area (Å²) >= 11 is 0. The summed E-state index contributed by atoms with van der Waals surface area (Å²) in [7, 11) is 4.24. The first kappa shape index (κ1) is 12.6. The van der Waals surface area contributed by atoms with Crippen molar-refractivity contribution >= 4 is 0 Å². The highest BCUT2D eigenvalue weighted by Crippen LogP contribution is 2.26. The molecule has 0 bridgehead atoms. The van der Waals surface area contributed by atoms with Gasteiger partial charge in [0.05, 0.1) is 0 Å². The van der Waals surface area contributed by atoms with E-state index in [0.29, 0.717) is 0 Å². The molecule has 17 heavy (non-hydrogen) atoms. The Bertz CT molecular complexity index is 331. The first-order valence-electron chi connectivity index (χ1n) is 6.71. The van der Waals surface area contributed by atoms with Crippen LogP contribution in [-0.2, 0) is 6.42 Å². The van der Waals surface area contributed by atoms with Gasteiger partial charge in [0.15, 0.2) is 0 Å². The summed E-state index contributed by atoms with van der Waals surface area (Å²) < 4.78 is 0. The van der Waals surface area contributed by atoms with Crippen molar-refractivity contribution in [3.63, 3.8) is 0 Å². The van der Waals surface area contributed by atoms with E-state index in [0.717, 1.165) is 18.9 Å². The van der Waals surface area contributed by atoms with Gasteiger partial charge in [-0.25, -0.2) is 0 Å². The average molecular weight is 232 g/mol. The van der Waals surface area contributed by atoms with Crippen LogP contribution in [0.15, 0.2) is 24.3 Å². The van der Waals surface area contributed by atoms with Crippen LogP contribution in [0, 0.1) is 0 Å². The van der Waals surface area contributed by atoms with E-state index >= 15 is 0 Å². The number of piperidine rings is 1. The lowest BCUT2D eigenvalue weighted by Gasteiger charge is -2.30. The molecular formula is C15H24N2. The first-order valence-corrected chi connectivity index (χ1v) is 6.71. The lowest BCUT2D eigenvalue weighted by molar-refractivity contribution is 0.251. The predicted molar refractivity (Wildman–Crippen MR) is 73.5 cm³/mol. The van der Waals surface area contributed by atoms with Gasteiger partial charge in [-0.3, -0.25) is 0 Å². The topological polar surface area (TPSA) is 15.3 Å². The summed E-state index contributed by atoms with van der Waals surface area (Å²) in [5.41, 5.74) is 2.96. The second kappa shape index (κ2) is 6.18. The van der Waals surface area contributed by atoms with Crippen molar-refractivity contribution in [2.45, 2.75) is 25.2 Å². The van der Waals surface area contributed by atoms with Crippen molar-refractivity contribution in [2.24, 2.45) is 0 Å². The molecule has 1 aromatic carbocycles. The van der Waals surface area contributed by atoms with Gasteiger partial charge < -0.3 is 10.2 Å². The molecule has 94 valence electrons. The quantitative estimate of drug-likeness (QED) is 0.856. The van der Waals surface area contributed by atoms with E-state index in [-0.39, 0.29) is 0 Å². The molecule has 0 aromatic heterocycles. The van der Waals surface area contributed by atoms with Crippen LogP contribution in [0.1, 0.15) is 29.9 Å². The predicted octanol–water partition coefficient (Wildman–Crippen LogP) is 2.26. The Morgan fingerprint density at radius 3 is 2.71 bits per heavy atom. The maximum absolute atomic E-state index is 3.19. The highest BCUT2D eigenvalue weighted by Gasteiger charge is 2.18. The van der Waals surface area contributed by atoms with Crippen molar-refractivity contribution in [2.75, 3.05) is 33.7 Å². The molecule has 0 saturated carbocycles. The number of rotatable bonds is 4. The summed E-state index contributed by atoms with van der Waals surface area (Å²) in [4.78, 5) is 2.45. The van der Waals surface area contributed by atoms with Gasteiger partial charge >= 0.3 is 0 Å². The minimum absolute atomic E-state index is 0.743. The summed E-state index contributed by atoms with van der Waals surface area (Å²) in [6.07, 6.45) is 3.81. The standard InChI is InChI=1S/C15H24N2/c1-16-10-9-13-5-7-14(8-6-13)15-4-3-11-17(2)12-15/h5-8,15-16H,3-4,9-12H2,1-2H3. The van der Waals surface area contributed by atoms with Gasteiger partial charge in [0.1, 0.15) is 0 Å². The number of likely N-dealkylation sites (N-methyl/N-ethyl adjacent to an activating group) is 2. The van der Waals surface area contributed by atoms with E-state index in [9.17, 15) is 0 Å². The largest absolute Gasteiger partial charge is 0.319 e. The van der Waals surface area contributed by atoms with Crippen LogP contribution >= 0.6 is 0 Å². The maximum Gasteiger partial charge on any atom is 0.00472 e. The molecule has 1 saturated heterocycles. The normalized spacial score (nSPS) is 21.6. The van der Waals surface area contributed by atoms with Crippen LogP contribution in [0.25, 0.3) is 0 Å². The SMILES string of the molecule is CNCCc1ccc(C2CCCN(C)C2)cc1. The zero-order valence-corrected chi connectivity index (χ0v) is 11.1. The maximum atomic E-state index is 3.19. The molecule has 1 aliphatic rings. The molecule has 1 fully saturated rings. The highest BCUT2D eigenvalue weighted by molar-refractivity contribution is 5.26. The molecule has 0 aliphatic carbocycles. The van der Waals surface area contributed by atoms with Crippen LogP contribution in [0.5, 0.6) is 0 Å². The third kappa shape index (κ3) is 3.55. The third-order valence-electron chi connectivity index (χ3n) is 3.74. The van der Waals surface area contributed by atoms with Crippen molar-refractivity contribution < 1.29 is 0 Å². The van der Waals surface area contributed by atoms with Gasteiger partial charge in [-0.15, -0.1) is 0 Å². The fourth-order valence-corrected chi connectivity index (χ4v) is 2.66. The summed E-state index contributed by atoms with van der Waals surface area (Å²) in [5.74, 6) is 0.743. The fraction of sp³-hybridized carbons (Fsp3) is 0.600. The van der Waals surface area contributed by atoms with Crippen molar-refractivity contribution in [3.8, 4) is 0 Å². The van der Waals surface area contributed by atoms with Crippen LogP contribution in [0.3, 0.4) is 0 Å². The molecule has 1 aromatic rings. The van der Waals surface area contributed by atoms with E-state index in [1.165, 1.54) is 37.1 Å². The number of nitrogens with zero attached hydrogens (tertiary/aromatic N) is 1. The zero-order chi connectivity index (χ0) is 12.1. The number of hydrogen-bond acceptors (Lipinski definition) is 2. The van der Waals surface area contributed by atoms with Crippen molar-refractivity contribution in [3.05, 3.63) is 35.4 Å². The fourth-order valence-electron chi connectivity index (χ4n) is 2.66. The van der Waals surface area contributed by atoms with Gasteiger partial charge in [-0.1, -0.05) is 24.3 Å². The molecular weight excluding hydrogens is 208 g/mol. The zero-order valence-electron chi connectivity index (χ0n) is 11.1. The molecule has 2 heteroatoms. The Morgan fingerprint density at radius 1 is 1.29 bits per heavy atom. The van der Waals surface area contributed by atoms with Crippen LogP contribution in [-0.4, -0.2) is 38.6 Å². The van der Waals surface area contributed by atoms with Crippen LogP contribution in [0.2, 0.25) is 0 Å².